The van der Waals surface area contributed by atoms with Gasteiger partial charge in [0.2, 0.25) is 0 Å². The Hall–Kier alpha value is -1.22. The second-order valence-electron chi connectivity index (χ2n) is 5.08. The van der Waals surface area contributed by atoms with Gasteiger partial charge in [-0.1, -0.05) is 19.4 Å². The molecular weight excluding hydrogens is 202 g/mol. The highest BCUT2D eigenvalue weighted by molar-refractivity contribution is 5.38. The number of hydrogen-bond acceptors (Lipinski definition) is 3. The number of nitrogens with one attached hydrogen (secondary N) is 1. The zero-order valence-electron chi connectivity index (χ0n) is 9.66. The van der Waals surface area contributed by atoms with Gasteiger partial charge in [0, 0.05) is 24.7 Å². The highest BCUT2D eigenvalue weighted by Crippen LogP contribution is 2.39. The Morgan fingerprint density at radius 1 is 1.31 bits per heavy atom. The Morgan fingerprint density at radius 2 is 2.06 bits per heavy atom. The van der Waals surface area contributed by atoms with E-state index < -0.39 is 0 Å². The molecule has 0 heterocycles. The number of phenols is 2. The second-order valence-corrected chi connectivity index (χ2v) is 5.08. The van der Waals surface area contributed by atoms with Crippen molar-refractivity contribution >= 4 is 0 Å². The molecule has 0 radical (unpaired) electrons. The van der Waals surface area contributed by atoms with Crippen LogP contribution in [0.3, 0.4) is 0 Å². The van der Waals surface area contributed by atoms with Crippen LogP contribution < -0.4 is 5.32 Å². The van der Waals surface area contributed by atoms with E-state index >= 15 is 0 Å². The van der Waals surface area contributed by atoms with Crippen LogP contribution in [0.15, 0.2) is 18.2 Å². The molecule has 0 saturated heterocycles. The minimum absolute atomic E-state index is 0.104. The maximum absolute atomic E-state index is 9.59. The molecule has 0 aromatic heterocycles. The van der Waals surface area contributed by atoms with E-state index in [1.807, 2.05) is 0 Å². The molecule has 0 bridgehead atoms. The van der Waals surface area contributed by atoms with Gasteiger partial charge in [-0.2, -0.15) is 0 Å². The number of benzene rings is 1. The lowest BCUT2D eigenvalue weighted by molar-refractivity contribution is 0.156. The molecule has 1 aromatic rings. The van der Waals surface area contributed by atoms with Crippen molar-refractivity contribution in [1.82, 2.24) is 5.32 Å². The van der Waals surface area contributed by atoms with Crippen LogP contribution in [0.5, 0.6) is 11.5 Å². The van der Waals surface area contributed by atoms with Crippen LogP contribution in [-0.2, 0) is 6.54 Å². The lowest BCUT2D eigenvalue weighted by Crippen LogP contribution is -2.36. The van der Waals surface area contributed by atoms with E-state index in [1.54, 1.807) is 12.1 Å². The van der Waals surface area contributed by atoms with Gasteiger partial charge in [-0.3, -0.25) is 0 Å². The molecule has 1 fully saturated rings. The van der Waals surface area contributed by atoms with Gasteiger partial charge < -0.3 is 15.5 Å². The lowest BCUT2D eigenvalue weighted by Gasteiger charge is -2.38. The van der Waals surface area contributed by atoms with E-state index in [1.165, 1.54) is 25.3 Å². The monoisotopic (exact) mass is 221 g/mol. The van der Waals surface area contributed by atoms with Crippen LogP contribution in [0.2, 0.25) is 0 Å². The van der Waals surface area contributed by atoms with Gasteiger partial charge in [-0.15, -0.1) is 0 Å². The van der Waals surface area contributed by atoms with E-state index in [-0.39, 0.29) is 11.5 Å². The molecule has 0 amide bonds. The number of hydrogen-bond donors (Lipinski definition) is 3. The average molecular weight is 221 g/mol. The molecule has 1 aliphatic carbocycles. The van der Waals surface area contributed by atoms with Crippen molar-refractivity contribution in [3.8, 4) is 11.5 Å². The SMILES string of the molecule is CC1(CNCc2ccc(O)cc2O)CCC1. The molecule has 0 atom stereocenters. The quantitative estimate of drug-likeness (QED) is 0.731. The van der Waals surface area contributed by atoms with Gasteiger partial charge in [0.25, 0.3) is 0 Å². The van der Waals surface area contributed by atoms with E-state index in [0.29, 0.717) is 12.0 Å². The third-order valence-electron chi connectivity index (χ3n) is 3.50. The summed E-state index contributed by atoms with van der Waals surface area (Å²) >= 11 is 0. The maximum atomic E-state index is 9.59. The molecule has 2 rings (SSSR count). The standard InChI is InChI=1S/C13H19NO2/c1-13(5-2-6-13)9-14-8-10-3-4-11(15)7-12(10)16/h3-4,7,14-16H,2,5-6,8-9H2,1H3. The highest BCUT2D eigenvalue weighted by Gasteiger charge is 2.30. The molecule has 3 heteroatoms. The summed E-state index contributed by atoms with van der Waals surface area (Å²) in [5.74, 6) is 0.262. The minimum Gasteiger partial charge on any atom is -0.508 e. The fourth-order valence-corrected chi connectivity index (χ4v) is 2.16. The molecule has 1 saturated carbocycles. The molecule has 1 aromatic carbocycles. The van der Waals surface area contributed by atoms with E-state index in [0.717, 1.165) is 12.1 Å². The lowest BCUT2D eigenvalue weighted by atomic mass is 9.70. The predicted octanol–water partition coefficient (Wildman–Crippen LogP) is 2.38. The second kappa shape index (κ2) is 4.34. The predicted molar refractivity (Wildman–Crippen MR) is 63.4 cm³/mol. The first-order valence-corrected chi connectivity index (χ1v) is 5.81. The summed E-state index contributed by atoms with van der Waals surface area (Å²) in [6, 6.07) is 4.73. The first-order chi connectivity index (χ1) is 7.59. The van der Waals surface area contributed by atoms with Gasteiger partial charge in [-0.05, 0) is 24.3 Å². The average Bonchev–Trinajstić information content (AvgIpc) is 2.19. The highest BCUT2D eigenvalue weighted by atomic mass is 16.3. The van der Waals surface area contributed by atoms with Gasteiger partial charge in [0.15, 0.2) is 0 Å². The molecular formula is C13H19NO2. The summed E-state index contributed by atoms with van der Waals surface area (Å²) in [4.78, 5) is 0. The normalized spacial score (nSPS) is 18.1. The van der Waals surface area contributed by atoms with E-state index in [4.69, 9.17) is 5.11 Å². The number of rotatable bonds is 4. The van der Waals surface area contributed by atoms with Crippen molar-refractivity contribution in [3.63, 3.8) is 0 Å². The molecule has 0 unspecified atom stereocenters. The zero-order valence-corrected chi connectivity index (χ0v) is 9.66. The topological polar surface area (TPSA) is 52.5 Å². The Morgan fingerprint density at radius 3 is 2.62 bits per heavy atom. The molecule has 16 heavy (non-hydrogen) atoms. The van der Waals surface area contributed by atoms with Crippen molar-refractivity contribution in [2.75, 3.05) is 6.54 Å². The fraction of sp³-hybridized carbons (Fsp3) is 0.538. The van der Waals surface area contributed by atoms with Crippen molar-refractivity contribution < 1.29 is 10.2 Å². The summed E-state index contributed by atoms with van der Waals surface area (Å²) in [5, 5.41) is 22.1. The summed E-state index contributed by atoms with van der Waals surface area (Å²) in [6.45, 7) is 3.94. The minimum atomic E-state index is 0.104. The molecule has 0 spiro atoms. The van der Waals surface area contributed by atoms with Gasteiger partial charge in [0.1, 0.15) is 11.5 Å². The van der Waals surface area contributed by atoms with Gasteiger partial charge in [-0.25, -0.2) is 0 Å². The largest absolute Gasteiger partial charge is 0.508 e. The summed E-state index contributed by atoms with van der Waals surface area (Å²) in [7, 11) is 0. The van der Waals surface area contributed by atoms with Gasteiger partial charge in [0.05, 0.1) is 0 Å². The molecule has 3 N–H and O–H groups in total. The summed E-state index contributed by atoms with van der Waals surface area (Å²) in [5.41, 5.74) is 1.28. The van der Waals surface area contributed by atoms with Crippen LogP contribution in [0, 0.1) is 5.41 Å². The molecule has 3 nitrogen and oxygen atoms in total. The molecule has 1 aliphatic rings. The van der Waals surface area contributed by atoms with Crippen LogP contribution in [-0.4, -0.2) is 16.8 Å². The summed E-state index contributed by atoms with van der Waals surface area (Å²) in [6.07, 6.45) is 3.92. The van der Waals surface area contributed by atoms with Crippen LogP contribution in [0.25, 0.3) is 0 Å². The molecule has 88 valence electrons. The van der Waals surface area contributed by atoms with Crippen molar-refractivity contribution in [2.24, 2.45) is 5.41 Å². The Kier molecular flexibility index (Phi) is 3.06. The molecule has 0 aliphatic heterocycles. The Bertz CT molecular complexity index is 372. The van der Waals surface area contributed by atoms with E-state index in [2.05, 4.69) is 12.2 Å². The third-order valence-corrected chi connectivity index (χ3v) is 3.50. The first-order valence-electron chi connectivity index (χ1n) is 5.81. The maximum Gasteiger partial charge on any atom is 0.123 e. The zero-order chi connectivity index (χ0) is 11.6. The van der Waals surface area contributed by atoms with Crippen molar-refractivity contribution in [3.05, 3.63) is 23.8 Å². The van der Waals surface area contributed by atoms with E-state index in [9.17, 15) is 5.11 Å². The van der Waals surface area contributed by atoms with Crippen LogP contribution in [0.4, 0.5) is 0 Å². The first kappa shape index (κ1) is 11.3. The Balaban J connectivity index is 1.85. The summed E-state index contributed by atoms with van der Waals surface area (Å²) < 4.78 is 0. The van der Waals surface area contributed by atoms with Gasteiger partial charge >= 0.3 is 0 Å². The third kappa shape index (κ3) is 2.47. The smallest absolute Gasteiger partial charge is 0.123 e. The Labute approximate surface area is 96.1 Å². The van der Waals surface area contributed by atoms with Crippen molar-refractivity contribution in [1.29, 1.82) is 0 Å². The fourth-order valence-electron chi connectivity index (χ4n) is 2.16. The number of aromatic hydroxyl groups is 2. The number of phenolic OH excluding ortho intramolecular Hbond substituents is 2. The van der Waals surface area contributed by atoms with Crippen LogP contribution >= 0.6 is 0 Å². The van der Waals surface area contributed by atoms with Crippen molar-refractivity contribution in [2.45, 2.75) is 32.7 Å². The van der Waals surface area contributed by atoms with Crippen LogP contribution in [0.1, 0.15) is 31.7 Å².